The minimum atomic E-state index is -3.43. The molecule has 18 heavy (non-hydrogen) atoms. The van der Waals surface area contributed by atoms with E-state index >= 15 is 0 Å². The lowest BCUT2D eigenvalue weighted by Crippen LogP contribution is -2.27. The van der Waals surface area contributed by atoms with E-state index < -0.39 is 10.0 Å². The number of nitrogens with zero attached hydrogens (tertiary/aromatic N) is 1. The normalized spacial score (nSPS) is 15.9. The van der Waals surface area contributed by atoms with Crippen molar-refractivity contribution in [1.82, 2.24) is 9.71 Å². The maximum atomic E-state index is 11.9. The van der Waals surface area contributed by atoms with Gasteiger partial charge >= 0.3 is 0 Å². The van der Waals surface area contributed by atoms with Crippen molar-refractivity contribution < 1.29 is 8.42 Å². The topological polar surface area (TPSA) is 71.1 Å². The van der Waals surface area contributed by atoms with Crippen LogP contribution in [-0.2, 0) is 10.0 Å². The molecule has 100 valence electrons. The summed E-state index contributed by atoms with van der Waals surface area (Å²) in [4.78, 5) is 4.33. The van der Waals surface area contributed by atoms with Crippen molar-refractivity contribution in [3.63, 3.8) is 0 Å². The Morgan fingerprint density at radius 1 is 1.39 bits per heavy atom. The molecule has 0 spiro atoms. The van der Waals surface area contributed by atoms with Crippen LogP contribution in [0.3, 0.4) is 0 Å². The van der Waals surface area contributed by atoms with Gasteiger partial charge in [0.05, 0.1) is 0 Å². The molecule has 0 atom stereocenters. The van der Waals surface area contributed by atoms with Gasteiger partial charge in [0.15, 0.2) is 0 Å². The molecule has 6 heteroatoms. The molecule has 2 rings (SSSR count). The van der Waals surface area contributed by atoms with E-state index in [1.807, 2.05) is 13.8 Å². The van der Waals surface area contributed by atoms with Crippen molar-refractivity contribution in [3.8, 4) is 0 Å². The van der Waals surface area contributed by atoms with Crippen LogP contribution in [0.25, 0.3) is 0 Å². The molecule has 0 aromatic carbocycles. The Morgan fingerprint density at radius 2 is 2.11 bits per heavy atom. The zero-order valence-electron chi connectivity index (χ0n) is 10.7. The molecule has 0 amide bonds. The van der Waals surface area contributed by atoms with Crippen molar-refractivity contribution in [3.05, 3.63) is 18.3 Å². The number of rotatable bonds is 6. The lowest BCUT2D eigenvalue weighted by molar-refractivity contribution is 0.560. The van der Waals surface area contributed by atoms with Crippen molar-refractivity contribution >= 4 is 15.8 Å². The molecule has 0 bridgehead atoms. The van der Waals surface area contributed by atoms with Crippen molar-refractivity contribution in [2.24, 2.45) is 5.92 Å². The number of hydrogen-bond donors (Lipinski definition) is 2. The molecule has 0 radical (unpaired) electrons. The van der Waals surface area contributed by atoms with E-state index in [9.17, 15) is 8.42 Å². The molecule has 1 aromatic rings. The number of aromatic nitrogens is 1. The van der Waals surface area contributed by atoms with E-state index in [0.29, 0.717) is 12.6 Å². The Balaban J connectivity index is 2.02. The second-order valence-electron chi connectivity index (χ2n) is 5.04. The van der Waals surface area contributed by atoms with E-state index in [4.69, 9.17) is 0 Å². The third-order valence-corrected chi connectivity index (χ3v) is 4.07. The Kier molecular flexibility index (Phi) is 3.87. The van der Waals surface area contributed by atoms with E-state index in [1.165, 1.54) is 6.20 Å². The molecule has 1 fully saturated rings. The average Bonchev–Trinajstić information content (AvgIpc) is 3.11. The quantitative estimate of drug-likeness (QED) is 0.822. The largest absolute Gasteiger partial charge is 0.367 e. The van der Waals surface area contributed by atoms with Crippen molar-refractivity contribution in [2.45, 2.75) is 37.6 Å². The molecule has 0 saturated heterocycles. The van der Waals surface area contributed by atoms with Gasteiger partial charge in [-0.25, -0.2) is 18.1 Å². The smallest absolute Gasteiger partial charge is 0.242 e. The Morgan fingerprint density at radius 3 is 2.61 bits per heavy atom. The standard InChI is InChI=1S/C12H19N3O2S/c1-9(2)7-14-18(16,17)11-5-6-12(13-8-11)15-10-3-4-10/h5-6,8-10,14H,3-4,7H2,1-2H3,(H,13,15). The van der Waals surface area contributed by atoms with E-state index in [2.05, 4.69) is 15.0 Å². The van der Waals surface area contributed by atoms with Gasteiger partial charge in [0.2, 0.25) is 10.0 Å². The van der Waals surface area contributed by atoms with Crippen LogP contribution in [0.4, 0.5) is 5.82 Å². The highest BCUT2D eigenvalue weighted by Gasteiger charge is 2.21. The van der Waals surface area contributed by atoms with Crippen molar-refractivity contribution in [1.29, 1.82) is 0 Å². The van der Waals surface area contributed by atoms with Gasteiger partial charge in [-0.3, -0.25) is 0 Å². The molecule has 1 aromatic heterocycles. The summed E-state index contributed by atoms with van der Waals surface area (Å²) in [6.07, 6.45) is 3.72. The maximum absolute atomic E-state index is 11.9. The lowest BCUT2D eigenvalue weighted by atomic mass is 10.2. The van der Waals surface area contributed by atoms with Crippen LogP contribution in [0.5, 0.6) is 0 Å². The molecule has 5 nitrogen and oxygen atoms in total. The van der Waals surface area contributed by atoms with Crippen LogP contribution in [0.1, 0.15) is 26.7 Å². The zero-order valence-corrected chi connectivity index (χ0v) is 11.5. The summed E-state index contributed by atoms with van der Waals surface area (Å²) in [5.41, 5.74) is 0. The van der Waals surface area contributed by atoms with Crippen LogP contribution in [-0.4, -0.2) is 26.0 Å². The number of anilines is 1. The lowest BCUT2D eigenvalue weighted by Gasteiger charge is -2.09. The fourth-order valence-corrected chi connectivity index (χ4v) is 2.58. The highest BCUT2D eigenvalue weighted by molar-refractivity contribution is 7.89. The third kappa shape index (κ3) is 3.68. The first-order chi connectivity index (χ1) is 8.47. The summed E-state index contributed by atoms with van der Waals surface area (Å²) >= 11 is 0. The van der Waals surface area contributed by atoms with Gasteiger partial charge in [-0.1, -0.05) is 13.8 Å². The van der Waals surface area contributed by atoms with Crippen LogP contribution >= 0.6 is 0 Å². The van der Waals surface area contributed by atoms with E-state index in [0.717, 1.165) is 18.7 Å². The first-order valence-electron chi connectivity index (χ1n) is 6.19. The molecule has 1 saturated carbocycles. The summed E-state index contributed by atoms with van der Waals surface area (Å²) < 4.78 is 26.4. The summed E-state index contributed by atoms with van der Waals surface area (Å²) in [7, 11) is -3.43. The fraction of sp³-hybridized carbons (Fsp3) is 0.583. The predicted octanol–water partition coefficient (Wildman–Crippen LogP) is 1.59. The third-order valence-electron chi connectivity index (χ3n) is 2.66. The van der Waals surface area contributed by atoms with Crippen LogP contribution in [0, 0.1) is 5.92 Å². The highest BCUT2D eigenvalue weighted by atomic mass is 32.2. The Bertz CT molecular complexity index is 493. The van der Waals surface area contributed by atoms with Gasteiger partial charge in [0.1, 0.15) is 10.7 Å². The number of nitrogens with one attached hydrogen (secondary N) is 2. The number of sulfonamides is 1. The Labute approximate surface area is 108 Å². The van der Waals surface area contributed by atoms with Crippen LogP contribution in [0.15, 0.2) is 23.2 Å². The maximum Gasteiger partial charge on any atom is 0.242 e. The zero-order chi connectivity index (χ0) is 13.2. The molecule has 0 aliphatic heterocycles. The molecule has 1 aliphatic rings. The minimum absolute atomic E-state index is 0.212. The van der Waals surface area contributed by atoms with Gasteiger partial charge < -0.3 is 5.32 Å². The molecule has 1 heterocycles. The van der Waals surface area contributed by atoms with Crippen LogP contribution in [0.2, 0.25) is 0 Å². The Hall–Kier alpha value is -1.14. The fourth-order valence-electron chi connectivity index (χ4n) is 1.42. The summed E-state index contributed by atoms with van der Waals surface area (Å²) in [5.74, 6) is 1.02. The van der Waals surface area contributed by atoms with Gasteiger partial charge in [0.25, 0.3) is 0 Å². The molecule has 0 unspecified atom stereocenters. The van der Waals surface area contributed by atoms with Crippen LogP contribution < -0.4 is 10.0 Å². The van der Waals surface area contributed by atoms with Crippen molar-refractivity contribution in [2.75, 3.05) is 11.9 Å². The second kappa shape index (κ2) is 5.24. The first-order valence-corrected chi connectivity index (χ1v) is 7.68. The average molecular weight is 269 g/mol. The SMILES string of the molecule is CC(C)CNS(=O)(=O)c1ccc(NC2CC2)nc1. The minimum Gasteiger partial charge on any atom is -0.367 e. The van der Waals surface area contributed by atoms with Gasteiger partial charge in [0, 0.05) is 18.8 Å². The molecular weight excluding hydrogens is 250 g/mol. The first kappa shape index (κ1) is 13.3. The van der Waals surface area contributed by atoms with Gasteiger partial charge in [-0.2, -0.15) is 0 Å². The highest BCUT2D eigenvalue weighted by Crippen LogP contribution is 2.23. The number of hydrogen-bond acceptors (Lipinski definition) is 4. The molecule has 2 N–H and O–H groups in total. The van der Waals surface area contributed by atoms with E-state index in [-0.39, 0.29) is 10.8 Å². The summed E-state index contributed by atoms with van der Waals surface area (Å²) in [5, 5.41) is 3.22. The monoisotopic (exact) mass is 269 g/mol. The second-order valence-corrected chi connectivity index (χ2v) is 6.81. The van der Waals surface area contributed by atoms with Gasteiger partial charge in [-0.15, -0.1) is 0 Å². The summed E-state index contributed by atoms with van der Waals surface area (Å²) in [6.45, 7) is 4.36. The molecule has 1 aliphatic carbocycles. The predicted molar refractivity (Wildman–Crippen MR) is 70.9 cm³/mol. The number of pyridine rings is 1. The molecular formula is C12H19N3O2S. The van der Waals surface area contributed by atoms with E-state index in [1.54, 1.807) is 12.1 Å². The summed E-state index contributed by atoms with van der Waals surface area (Å²) in [6, 6.07) is 3.81. The van der Waals surface area contributed by atoms with Gasteiger partial charge in [-0.05, 0) is 30.9 Å².